The molecule has 0 aromatic heterocycles. The van der Waals surface area contributed by atoms with Gasteiger partial charge in [0.05, 0.1) is 5.56 Å². The average molecular weight is 289 g/mol. The molecule has 1 N–H and O–H groups in total. The lowest BCUT2D eigenvalue weighted by atomic mass is 9.91. The number of carboxylic acids is 1. The Balaban J connectivity index is 1.67. The molecule has 1 aromatic rings. The van der Waals surface area contributed by atoms with E-state index in [1.54, 1.807) is 24.3 Å². The molecule has 1 saturated carbocycles. The van der Waals surface area contributed by atoms with Crippen molar-refractivity contribution in [1.82, 2.24) is 4.90 Å². The summed E-state index contributed by atoms with van der Waals surface area (Å²) in [5.41, 5.74) is 0.307. The SMILES string of the molecule is O=C(O)c1ccc(OC2CCCCC2N2CCCC2)cc1. The van der Waals surface area contributed by atoms with Crippen molar-refractivity contribution >= 4 is 5.97 Å². The van der Waals surface area contributed by atoms with Gasteiger partial charge in [0.25, 0.3) is 0 Å². The largest absolute Gasteiger partial charge is 0.489 e. The van der Waals surface area contributed by atoms with Gasteiger partial charge in [-0.15, -0.1) is 0 Å². The molecular formula is C17H23NO3. The number of benzene rings is 1. The van der Waals surface area contributed by atoms with Crippen LogP contribution in [0.1, 0.15) is 48.9 Å². The molecule has 1 heterocycles. The summed E-state index contributed by atoms with van der Waals surface area (Å²) in [6.07, 6.45) is 7.68. The molecule has 21 heavy (non-hydrogen) atoms. The lowest BCUT2D eigenvalue weighted by molar-refractivity contribution is 0.0485. The van der Waals surface area contributed by atoms with E-state index < -0.39 is 5.97 Å². The number of ether oxygens (including phenoxy) is 1. The first-order chi connectivity index (χ1) is 10.2. The number of likely N-dealkylation sites (tertiary alicyclic amines) is 1. The summed E-state index contributed by atoms with van der Waals surface area (Å²) in [6.45, 7) is 2.39. The van der Waals surface area contributed by atoms with Crippen LogP contribution in [0.25, 0.3) is 0 Å². The summed E-state index contributed by atoms with van der Waals surface area (Å²) >= 11 is 0. The van der Waals surface area contributed by atoms with E-state index in [2.05, 4.69) is 4.90 Å². The van der Waals surface area contributed by atoms with Crippen LogP contribution in [0, 0.1) is 0 Å². The number of carboxylic acid groups (broad SMARTS) is 1. The van der Waals surface area contributed by atoms with E-state index in [1.165, 1.54) is 45.2 Å². The normalized spacial score (nSPS) is 26.7. The van der Waals surface area contributed by atoms with Gasteiger partial charge in [-0.1, -0.05) is 6.42 Å². The highest BCUT2D eigenvalue weighted by atomic mass is 16.5. The summed E-state index contributed by atoms with van der Waals surface area (Å²) in [6, 6.07) is 7.31. The van der Waals surface area contributed by atoms with Crippen molar-refractivity contribution in [3.63, 3.8) is 0 Å². The first kappa shape index (κ1) is 14.4. The maximum Gasteiger partial charge on any atom is 0.335 e. The highest BCUT2D eigenvalue weighted by Gasteiger charge is 2.32. The smallest absolute Gasteiger partial charge is 0.335 e. The van der Waals surface area contributed by atoms with Crippen LogP contribution < -0.4 is 4.74 Å². The fourth-order valence-electron chi connectivity index (χ4n) is 3.56. The van der Waals surface area contributed by atoms with Crippen LogP contribution in [0.2, 0.25) is 0 Å². The second-order valence-electron chi connectivity index (χ2n) is 6.08. The molecule has 0 amide bonds. The fraction of sp³-hybridized carbons (Fsp3) is 0.588. The van der Waals surface area contributed by atoms with E-state index >= 15 is 0 Å². The third-order valence-corrected chi connectivity index (χ3v) is 4.67. The monoisotopic (exact) mass is 289 g/mol. The first-order valence-electron chi connectivity index (χ1n) is 7.98. The summed E-state index contributed by atoms with van der Waals surface area (Å²) in [5, 5.41) is 8.94. The second-order valence-corrected chi connectivity index (χ2v) is 6.08. The summed E-state index contributed by atoms with van der Waals surface area (Å²) in [7, 11) is 0. The molecule has 1 aliphatic heterocycles. The van der Waals surface area contributed by atoms with E-state index in [0.29, 0.717) is 11.6 Å². The molecule has 4 heteroatoms. The van der Waals surface area contributed by atoms with Gasteiger partial charge in [0.15, 0.2) is 0 Å². The molecule has 1 aliphatic carbocycles. The number of aromatic carboxylic acids is 1. The van der Waals surface area contributed by atoms with Gasteiger partial charge in [-0.2, -0.15) is 0 Å². The summed E-state index contributed by atoms with van der Waals surface area (Å²) < 4.78 is 6.18. The minimum Gasteiger partial charge on any atom is -0.489 e. The van der Waals surface area contributed by atoms with E-state index in [0.717, 1.165) is 12.2 Å². The first-order valence-corrected chi connectivity index (χ1v) is 7.98. The van der Waals surface area contributed by atoms with Crippen molar-refractivity contribution in [1.29, 1.82) is 0 Å². The standard InChI is InChI=1S/C17H23NO3/c19-17(20)13-7-9-14(10-8-13)21-16-6-2-1-5-15(16)18-11-3-4-12-18/h7-10,15-16H,1-6,11-12H2,(H,19,20). The van der Waals surface area contributed by atoms with Gasteiger partial charge in [0, 0.05) is 6.04 Å². The Hall–Kier alpha value is -1.55. The third-order valence-electron chi connectivity index (χ3n) is 4.67. The van der Waals surface area contributed by atoms with Gasteiger partial charge in [-0.3, -0.25) is 4.90 Å². The Bertz CT molecular complexity index is 479. The van der Waals surface area contributed by atoms with E-state index in [-0.39, 0.29) is 6.10 Å². The van der Waals surface area contributed by atoms with E-state index in [9.17, 15) is 4.79 Å². The maximum absolute atomic E-state index is 10.9. The number of rotatable bonds is 4. The maximum atomic E-state index is 10.9. The molecule has 2 unspecified atom stereocenters. The molecule has 4 nitrogen and oxygen atoms in total. The second kappa shape index (κ2) is 6.48. The van der Waals surface area contributed by atoms with Gasteiger partial charge in [0.1, 0.15) is 11.9 Å². The van der Waals surface area contributed by atoms with Crippen LogP contribution in [0.15, 0.2) is 24.3 Å². The number of carbonyl (C=O) groups is 1. The molecule has 1 aromatic carbocycles. The molecule has 3 rings (SSSR count). The Morgan fingerprint density at radius 3 is 2.38 bits per heavy atom. The molecule has 2 aliphatic rings. The highest BCUT2D eigenvalue weighted by Crippen LogP contribution is 2.29. The fourth-order valence-corrected chi connectivity index (χ4v) is 3.56. The zero-order valence-corrected chi connectivity index (χ0v) is 12.3. The van der Waals surface area contributed by atoms with Crippen LogP contribution in [-0.4, -0.2) is 41.2 Å². The molecule has 2 atom stereocenters. The minimum absolute atomic E-state index is 0.243. The molecule has 114 valence electrons. The molecule has 0 radical (unpaired) electrons. The molecule has 0 bridgehead atoms. The van der Waals surface area contributed by atoms with Gasteiger partial charge >= 0.3 is 5.97 Å². The number of hydrogen-bond donors (Lipinski definition) is 1. The third kappa shape index (κ3) is 3.38. The Morgan fingerprint density at radius 2 is 1.71 bits per heavy atom. The van der Waals surface area contributed by atoms with Crippen molar-refractivity contribution in [2.75, 3.05) is 13.1 Å². The molecule has 0 spiro atoms. The topological polar surface area (TPSA) is 49.8 Å². The van der Waals surface area contributed by atoms with Gasteiger partial charge in [0.2, 0.25) is 0 Å². The van der Waals surface area contributed by atoms with Crippen molar-refractivity contribution < 1.29 is 14.6 Å². The highest BCUT2D eigenvalue weighted by molar-refractivity contribution is 5.87. The summed E-state index contributed by atoms with van der Waals surface area (Å²) in [5.74, 6) is -0.106. The van der Waals surface area contributed by atoms with Gasteiger partial charge in [-0.05, 0) is 69.5 Å². The van der Waals surface area contributed by atoms with Crippen LogP contribution >= 0.6 is 0 Å². The predicted molar refractivity (Wildman–Crippen MR) is 80.9 cm³/mol. The van der Waals surface area contributed by atoms with Crippen LogP contribution in [0.4, 0.5) is 0 Å². The van der Waals surface area contributed by atoms with Crippen LogP contribution in [0.5, 0.6) is 5.75 Å². The zero-order valence-electron chi connectivity index (χ0n) is 12.3. The lowest BCUT2D eigenvalue weighted by Crippen LogP contribution is -2.46. The lowest BCUT2D eigenvalue weighted by Gasteiger charge is -2.37. The zero-order chi connectivity index (χ0) is 14.7. The Morgan fingerprint density at radius 1 is 1.05 bits per heavy atom. The van der Waals surface area contributed by atoms with Gasteiger partial charge in [-0.25, -0.2) is 4.79 Å². The number of nitrogens with zero attached hydrogens (tertiary/aromatic N) is 1. The van der Waals surface area contributed by atoms with Crippen LogP contribution in [0.3, 0.4) is 0 Å². The van der Waals surface area contributed by atoms with E-state index in [4.69, 9.17) is 9.84 Å². The van der Waals surface area contributed by atoms with Crippen LogP contribution in [-0.2, 0) is 0 Å². The van der Waals surface area contributed by atoms with Crippen molar-refractivity contribution in [3.05, 3.63) is 29.8 Å². The number of hydrogen-bond acceptors (Lipinski definition) is 3. The van der Waals surface area contributed by atoms with E-state index in [1.807, 2.05) is 0 Å². The van der Waals surface area contributed by atoms with Crippen molar-refractivity contribution in [2.45, 2.75) is 50.7 Å². The summed E-state index contributed by atoms with van der Waals surface area (Å²) in [4.78, 5) is 13.5. The average Bonchev–Trinajstić information content (AvgIpc) is 3.02. The Kier molecular flexibility index (Phi) is 4.44. The molecular weight excluding hydrogens is 266 g/mol. The van der Waals surface area contributed by atoms with Crippen molar-refractivity contribution in [2.24, 2.45) is 0 Å². The quantitative estimate of drug-likeness (QED) is 0.925. The predicted octanol–water partition coefficient (Wildman–Crippen LogP) is 3.17. The van der Waals surface area contributed by atoms with Crippen molar-refractivity contribution in [3.8, 4) is 5.75 Å². The Labute approximate surface area is 125 Å². The molecule has 1 saturated heterocycles. The minimum atomic E-state index is -0.894. The molecule has 2 fully saturated rings. The van der Waals surface area contributed by atoms with Gasteiger partial charge < -0.3 is 9.84 Å².